The SMILES string of the molecule is CCCN(CC(C)(C)CN)C(C)c1ccc(C)c(C)c1. The number of rotatable bonds is 7. The Morgan fingerprint density at radius 3 is 2.35 bits per heavy atom. The smallest absolute Gasteiger partial charge is 0.0320 e. The van der Waals surface area contributed by atoms with Gasteiger partial charge in [-0.15, -0.1) is 0 Å². The van der Waals surface area contributed by atoms with Gasteiger partial charge in [0.1, 0.15) is 0 Å². The van der Waals surface area contributed by atoms with Crippen molar-refractivity contribution in [1.82, 2.24) is 4.90 Å². The lowest BCUT2D eigenvalue weighted by molar-refractivity contribution is 0.140. The predicted octanol–water partition coefficient (Wildman–Crippen LogP) is 4.06. The van der Waals surface area contributed by atoms with Crippen LogP contribution in [0.5, 0.6) is 0 Å². The summed E-state index contributed by atoms with van der Waals surface area (Å²) in [4.78, 5) is 2.57. The molecule has 0 aromatic heterocycles. The van der Waals surface area contributed by atoms with Crippen LogP contribution in [0.4, 0.5) is 0 Å². The maximum absolute atomic E-state index is 5.91. The van der Waals surface area contributed by atoms with Gasteiger partial charge in [-0.25, -0.2) is 0 Å². The monoisotopic (exact) mass is 276 g/mol. The quantitative estimate of drug-likeness (QED) is 0.813. The summed E-state index contributed by atoms with van der Waals surface area (Å²) in [6.07, 6.45) is 1.18. The van der Waals surface area contributed by atoms with Crippen LogP contribution >= 0.6 is 0 Å². The lowest BCUT2D eigenvalue weighted by Gasteiger charge is -2.36. The van der Waals surface area contributed by atoms with Crippen molar-refractivity contribution in [2.45, 2.75) is 54.0 Å². The van der Waals surface area contributed by atoms with E-state index in [1.165, 1.54) is 23.1 Å². The van der Waals surface area contributed by atoms with Gasteiger partial charge in [0.15, 0.2) is 0 Å². The molecule has 2 heteroatoms. The Hall–Kier alpha value is -0.860. The van der Waals surface area contributed by atoms with Crippen LogP contribution in [0.25, 0.3) is 0 Å². The Morgan fingerprint density at radius 1 is 1.20 bits per heavy atom. The second-order valence-electron chi connectivity index (χ2n) is 6.86. The highest BCUT2D eigenvalue weighted by molar-refractivity contribution is 5.31. The molecule has 0 fully saturated rings. The van der Waals surface area contributed by atoms with E-state index in [9.17, 15) is 0 Å². The normalized spacial score (nSPS) is 13.8. The van der Waals surface area contributed by atoms with E-state index in [1.807, 2.05) is 0 Å². The van der Waals surface area contributed by atoms with E-state index in [4.69, 9.17) is 5.73 Å². The predicted molar refractivity (Wildman–Crippen MR) is 89.0 cm³/mol. The van der Waals surface area contributed by atoms with Crippen molar-refractivity contribution in [2.75, 3.05) is 19.6 Å². The molecule has 0 aliphatic carbocycles. The van der Waals surface area contributed by atoms with Crippen LogP contribution < -0.4 is 5.73 Å². The molecule has 20 heavy (non-hydrogen) atoms. The molecule has 0 spiro atoms. The molecule has 2 N–H and O–H groups in total. The van der Waals surface area contributed by atoms with Gasteiger partial charge < -0.3 is 5.73 Å². The van der Waals surface area contributed by atoms with E-state index in [-0.39, 0.29) is 5.41 Å². The standard InChI is InChI=1S/C18H32N2/c1-7-10-20(13-18(5,6)12-19)16(4)17-9-8-14(2)15(3)11-17/h8-9,11,16H,7,10,12-13,19H2,1-6H3. The van der Waals surface area contributed by atoms with Gasteiger partial charge in [-0.2, -0.15) is 0 Å². The fraction of sp³-hybridized carbons (Fsp3) is 0.667. The molecule has 0 heterocycles. The second kappa shape index (κ2) is 7.24. The third-order valence-electron chi connectivity index (χ3n) is 4.26. The molecule has 1 unspecified atom stereocenters. The molecule has 0 radical (unpaired) electrons. The Kier molecular flexibility index (Phi) is 6.22. The summed E-state index contributed by atoms with van der Waals surface area (Å²) in [5.41, 5.74) is 10.2. The summed E-state index contributed by atoms with van der Waals surface area (Å²) in [6, 6.07) is 7.28. The Morgan fingerprint density at radius 2 is 1.85 bits per heavy atom. The number of nitrogens with two attached hydrogens (primary N) is 1. The van der Waals surface area contributed by atoms with Crippen molar-refractivity contribution >= 4 is 0 Å². The highest BCUT2D eigenvalue weighted by Gasteiger charge is 2.24. The molecule has 114 valence electrons. The molecule has 1 rings (SSSR count). The molecular weight excluding hydrogens is 244 g/mol. The molecular formula is C18H32N2. The molecule has 1 aromatic rings. The Labute approximate surface area is 125 Å². The van der Waals surface area contributed by atoms with Gasteiger partial charge >= 0.3 is 0 Å². The Balaban J connectivity index is 2.92. The Bertz CT molecular complexity index is 423. The lowest BCUT2D eigenvalue weighted by atomic mass is 9.91. The molecule has 1 aromatic carbocycles. The van der Waals surface area contributed by atoms with Gasteiger partial charge in [0, 0.05) is 12.6 Å². The van der Waals surface area contributed by atoms with Gasteiger partial charge in [0.25, 0.3) is 0 Å². The maximum Gasteiger partial charge on any atom is 0.0320 e. The van der Waals surface area contributed by atoms with Crippen LogP contribution in [0.1, 0.15) is 56.8 Å². The van der Waals surface area contributed by atoms with E-state index >= 15 is 0 Å². The van der Waals surface area contributed by atoms with E-state index in [0.29, 0.717) is 6.04 Å². The van der Waals surface area contributed by atoms with Gasteiger partial charge in [-0.05, 0) is 62.4 Å². The van der Waals surface area contributed by atoms with Crippen LogP contribution in [-0.2, 0) is 0 Å². The summed E-state index contributed by atoms with van der Waals surface area (Å²) in [5.74, 6) is 0. The summed E-state index contributed by atoms with van der Waals surface area (Å²) in [5, 5.41) is 0. The van der Waals surface area contributed by atoms with Crippen LogP contribution in [0.3, 0.4) is 0 Å². The highest BCUT2D eigenvalue weighted by atomic mass is 15.2. The zero-order valence-corrected chi connectivity index (χ0v) is 14.2. The van der Waals surface area contributed by atoms with Crippen LogP contribution in [-0.4, -0.2) is 24.5 Å². The first-order valence-electron chi connectivity index (χ1n) is 7.82. The van der Waals surface area contributed by atoms with Gasteiger partial charge in [-0.1, -0.05) is 39.0 Å². The molecule has 2 nitrogen and oxygen atoms in total. The molecule has 0 saturated heterocycles. The van der Waals surface area contributed by atoms with Crippen molar-refractivity contribution in [2.24, 2.45) is 11.1 Å². The van der Waals surface area contributed by atoms with Crippen LogP contribution in [0, 0.1) is 19.3 Å². The van der Waals surface area contributed by atoms with E-state index < -0.39 is 0 Å². The number of hydrogen-bond donors (Lipinski definition) is 1. The van der Waals surface area contributed by atoms with Crippen LogP contribution in [0.15, 0.2) is 18.2 Å². The summed E-state index contributed by atoms with van der Waals surface area (Å²) in [6.45, 7) is 16.3. The van der Waals surface area contributed by atoms with Gasteiger partial charge in [-0.3, -0.25) is 4.90 Å². The average Bonchev–Trinajstić information content (AvgIpc) is 2.40. The molecule has 0 aliphatic heterocycles. The molecule has 0 bridgehead atoms. The minimum atomic E-state index is 0.170. The van der Waals surface area contributed by atoms with E-state index in [2.05, 4.69) is 64.6 Å². The number of hydrogen-bond acceptors (Lipinski definition) is 2. The summed E-state index contributed by atoms with van der Waals surface area (Å²) >= 11 is 0. The zero-order chi connectivity index (χ0) is 15.3. The summed E-state index contributed by atoms with van der Waals surface area (Å²) < 4.78 is 0. The minimum absolute atomic E-state index is 0.170. The molecule has 0 amide bonds. The first-order valence-corrected chi connectivity index (χ1v) is 7.82. The number of benzene rings is 1. The van der Waals surface area contributed by atoms with Crippen molar-refractivity contribution in [3.63, 3.8) is 0 Å². The average molecular weight is 276 g/mol. The van der Waals surface area contributed by atoms with Crippen molar-refractivity contribution < 1.29 is 0 Å². The highest BCUT2D eigenvalue weighted by Crippen LogP contribution is 2.26. The van der Waals surface area contributed by atoms with Crippen LogP contribution in [0.2, 0.25) is 0 Å². The number of aryl methyl sites for hydroxylation is 2. The molecule has 0 aliphatic rings. The minimum Gasteiger partial charge on any atom is -0.330 e. The fourth-order valence-electron chi connectivity index (χ4n) is 2.55. The topological polar surface area (TPSA) is 29.3 Å². The molecule has 1 atom stereocenters. The lowest BCUT2D eigenvalue weighted by Crippen LogP contribution is -2.40. The van der Waals surface area contributed by atoms with Crippen molar-refractivity contribution in [3.05, 3.63) is 34.9 Å². The first-order chi connectivity index (χ1) is 9.30. The second-order valence-corrected chi connectivity index (χ2v) is 6.86. The largest absolute Gasteiger partial charge is 0.330 e. The third-order valence-corrected chi connectivity index (χ3v) is 4.26. The van der Waals surface area contributed by atoms with E-state index in [0.717, 1.165) is 19.6 Å². The first kappa shape index (κ1) is 17.2. The molecule has 0 saturated carbocycles. The van der Waals surface area contributed by atoms with Crippen molar-refractivity contribution in [3.8, 4) is 0 Å². The zero-order valence-electron chi connectivity index (χ0n) is 14.2. The van der Waals surface area contributed by atoms with Gasteiger partial charge in [0.2, 0.25) is 0 Å². The number of nitrogens with zero attached hydrogens (tertiary/aromatic N) is 1. The van der Waals surface area contributed by atoms with E-state index in [1.54, 1.807) is 0 Å². The fourth-order valence-corrected chi connectivity index (χ4v) is 2.55. The van der Waals surface area contributed by atoms with Gasteiger partial charge in [0.05, 0.1) is 0 Å². The maximum atomic E-state index is 5.91. The van der Waals surface area contributed by atoms with Crippen molar-refractivity contribution in [1.29, 1.82) is 0 Å². The summed E-state index contributed by atoms with van der Waals surface area (Å²) in [7, 11) is 0. The third kappa shape index (κ3) is 4.60.